The third-order valence-electron chi connectivity index (χ3n) is 4.63. The van der Waals surface area contributed by atoms with Gasteiger partial charge in [-0.25, -0.2) is 4.39 Å². The summed E-state index contributed by atoms with van der Waals surface area (Å²) >= 11 is 0. The fourth-order valence-electron chi connectivity index (χ4n) is 3.61. The molecule has 0 saturated carbocycles. The van der Waals surface area contributed by atoms with Crippen LogP contribution in [0.4, 0.5) is 4.39 Å². The summed E-state index contributed by atoms with van der Waals surface area (Å²) in [6.07, 6.45) is 3.49. The zero-order chi connectivity index (χ0) is 17.2. The van der Waals surface area contributed by atoms with Gasteiger partial charge in [0.1, 0.15) is 6.17 Å². The van der Waals surface area contributed by atoms with Gasteiger partial charge in [-0.15, -0.1) is 0 Å². The van der Waals surface area contributed by atoms with Crippen LogP contribution >= 0.6 is 0 Å². The first-order valence-electron chi connectivity index (χ1n) is 9.82. The van der Waals surface area contributed by atoms with Crippen molar-refractivity contribution in [1.29, 1.82) is 0 Å². The van der Waals surface area contributed by atoms with Crippen molar-refractivity contribution in [3.8, 4) is 0 Å². The van der Waals surface area contributed by atoms with Crippen molar-refractivity contribution >= 4 is 0 Å². The van der Waals surface area contributed by atoms with E-state index >= 15 is 0 Å². The number of halogens is 1. The van der Waals surface area contributed by atoms with E-state index in [2.05, 4.69) is 30.6 Å². The number of likely N-dealkylation sites (tertiary alicyclic amines) is 2. The molecule has 2 rings (SSSR count). The Labute approximate surface area is 143 Å². The molecule has 2 unspecified atom stereocenters. The Balaban J connectivity index is 0.00000127. The molecule has 0 bridgehead atoms. The fourth-order valence-corrected chi connectivity index (χ4v) is 3.61. The van der Waals surface area contributed by atoms with Crippen LogP contribution in [0.25, 0.3) is 0 Å². The number of hydrogen-bond donors (Lipinski definition) is 0. The number of nitrogens with zero attached hydrogens (tertiary/aromatic N) is 2. The summed E-state index contributed by atoms with van der Waals surface area (Å²) in [4.78, 5) is 4.75. The van der Waals surface area contributed by atoms with E-state index in [0.717, 1.165) is 45.4 Å². The van der Waals surface area contributed by atoms with Crippen LogP contribution < -0.4 is 0 Å². The van der Waals surface area contributed by atoms with Crippen LogP contribution in [0.15, 0.2) is 0 Å². The molecule has 0 spiro atoms. The zero-order valence-corrected chi connectivity index (χ0v) is 16.1. The van der Waals surface area contributed by atoms with E-state index < -0.39 is 6.17 Å². The van der Waals surface area contributed by atoms with Crippen molar-refractivity contribution in [3.63, 3.8) is 0 Å². The van der Waals surface area contributed by atoms with Crippen molar-refractivity contribution in [1.82, 2.24) is 9.80 Å². The van der Waals surface area contributed by atoms with Gasteiger partial charge in [-0.3, -0.25) is 4.90 Å². The number of piperidine rings is 2. The van der Waals surface area contributed by atoms with E-state index in [0.29, 0.717) is 12.5 Å². The normalized spacial score (nSPS) is 27.8. The summed E-state index contributed by atoms with van der Waals surface area (Å²) in [6, 6.07) is 0. The SMILES string of the molecule is CC.CCCN1CCC(OC2CCN(CC(C)C)CC2F)CC1. The molecule has 2 heterocycles. The lowest BCUT2D eigenvalue weighted by Crippen LogP contribution is -2.49. The molecule has 4 heteroatoms. The summed E-state index contributed by atoms with van der Waals surface area (Å²) in [5.41, 5.74) is 0. The minimum Gasteiger partial charge on any atom is -0.372 e. The second-order valence-corrected chi connectivity index (χ2v) is 7.17. The average Bonchev–Trinajstić information content (AvgIpc) is 2.53. The van der Waals surface area contributed by atoms with Gasteiger partial charge in [0.05, 0.1) is 12.2 Å². The summed E-state index contributed by atoms with van der Waals surface area (Å²) in [5, 5.41) is 0. The highest BCUT2D eigenvalue weighted by molar-refractivity contribution is 4.83. The summed E-state index contributed by atoms with van der Waals surface area (Å²) < 4.78 is 20.4. The van der Waals surface area contributed by atoms with Gasteiger partial charge in [-0.1, -0.05) is 34.6 Å². The molecule has 0 N–H and O–H groups in total. The molecule has 23 heavy (non-hydrogen) atoms. The molecule has 2 fully saturated rings. The van der Waals surface area contributed by atoms with E-state index in [1.54, 1.807) is 0 Å². The first kappa shape index (κ1) is 20.9. The number of ether oxygens (including phenoxy) is 1. The van der Waals surface area contributed by atoms with Crippen molar-refractivity contribution in [2.75, 3.05) is 39.3 Å². The highest BCUT2D eigenvalue weighted by Gasteiger charge is 2.32. The topological polar surface area (TPSA) is 15.7 Å². The third-order valence-corrected chi connectivity index (χ3v) is 4.63. The molecular weight excluding hydrogens is 291 g/mol. The van der Waals surface area contributed by atoms with Crippen molar-refractivity contribution in [3.05, 3.63) is 0 Å². The summed E-state index contributed by atoms with van der Waals surface area (Å²) in [7, 11) is 0. The number of rotatable bonds is 6. The predicted octanol–water partition coefficient (Wildman–Crippen LogP) is 3.97. The maximum Gasteiger partial charge on any atom is 0.139 e. The van der Waals surface area contributed by atoms with Crippen LogP contribution in [0.5, 0.6) is 0 Å². The lowest BCUT2D eigenvalue weighted by Gasteiger charge is -2.39. The Kier molecular flexibility index (Phi) is 10.3. The Morgan fingerprint density at radius 3 is 2.17 bits per heavy atom. The van der Waals surface area contributed by atoms with E-state index in [1.807, 2.05) is 13.8 Å². The van der Waals surface area contributed by atoms with Gasteiger partial charge < -0.3 is 9.64 Å². The highest BCUT2D eigenvalue weighted by Crippen LogP contribution is 2.23. The fraction of sp³-hybridized carbons (Fsp3) is 1.00. The van der Waals surface area contributed by atoms with Crippen LogP contribution in [0.2, 0.25) is 0 Å². The smallest absolute Gasteiger partial charge is 0.139 e. The number of hydrogen-bond acceptors (Lipinski definition) is 3. The zero-order valence-electron chi connectivity index (χ0n) is 16.1. The molecule has 2 aliphatic rings. The number of alkyl halides is 1. The lowest BCUT2D eigenvalue weighted by atomic mass is 10.0. The van der Waals surface area contributed by atoms with Crippen LogP contribution in [0.1, 0.15) is 60.3 Å². The minimum atomic E-state index is -0.814. The molecule has 0 amide bonds. The quantitative estimate of drug-likeness (QED) is 0.733. The molecule has 0 aliphatic carbocycles. The van der Waals surface area contributed by atoms with Gasteiger partial charge in [0.15, 0.2) is 0 Å². The van der Waals surface area contributed by atoms with Crippen LogP contribution in [0.3, 0.4) is 0 Å². The Morgan fingerprint density at radius 1 is 1.04 bits per heavy atom. The maximum atomic E-state index is 14.3. The Morgan fingerprint density at radius 2 is 1.65 bits per heavy atom. The van der Waals surface area contributed by atoms with Crippen molar-refractivity contribution < 1.29 is 9.13 Å². The van der Waals surface area contributed by atoms with Crippen LogP contribution in [-0.4, -0.2) is 67.4 Å². The van der Waals surface area contributed by atoms with Gasteiger partial charge in [0.25, 0.3) is 0 Å². The van der Waals surface area contributed by atoms with Crippen LogP contribution in [0, 0.1) is 5.92 Å². The molecular formula is C19H39FN2O. The van der Waals surface area contributed by atoms with E-state index in [1.165, 1.54) is 13.0 Å². The van der Waals surface area contributed by atoms with Crippen molar-refractivity contribution in [2.45, 2.75) is 78.7 Å². The third kappa shape index (κ3) is 7.49. The van der Waals surface area contributed by atoms with E-state index in [9.17, 15) is 4.39 Å². The van der Waals surface area contributed by atoms with Gasteiger partial charge in [0, 0.05) is 32.7 Å². The molecule has 2 aliphatic heterocycles. The standard InChI is InChI=1S/C17H33FN2O.C2H6/c1-4-8-19-9-5-15(6-10-19)21-17-7-11-20(12-14(2)3)13-16(17)18;1-2/h14-17H,4-13H2,1-3H3;1-2H3. The predicted molar refractivity (Wildman–Crippen MR) is 96.8 cm³/mol. The van der Waals surface area contributed by atoms with Gasteiger partial charge in [-0.05, 0) is 38.1 Å². The van der Waals surface area contributed by atoms with Gasteiger partial charge >= 0.3 is 0 Å². The minimum absolute atomic E-state index is 0.170. The Hall–Kier alpha value is -0.190. The second-order valence-electron chi connectivity index (χ2n) is 7.17. The van der Waals surface area contributed by atoms with Gasteiger partial charge in [0.2, 0.25) is 0 Å². The van der Waals surface area contributed by atoms with Gasteiger partial charge in [-0.2, -0.15) is 0 Å². The molecule has 138 valence electrons. The molecule has 2 atom stereocenters. The van der Waals surface area contributed by atoms with Crippen LogP contribution in [-0.2, 0) is 4.74 Å². The molecule has 2 saturated heterocycles. The molecule has 0 aromatic heterocycles. The van der Waals surface area contributed by atoms with E-state index in [-0.39, 0.29) is 12.2 Å². The molecule has 3 nitrogen and oxygen atoms in total. The summed E-state index contributed by atoms with van der Waals surface area (Å²) in [6.45, 7) is 16.6. The average molecular weight is 331 g/mol. The Bertz CT molecular complexity index is 293. The summed E-state index contributed by atoms with van der Waals surface area (Å²) in [5.74, 6) is 0.609. The molecule has 0 radical (unpaired) electrons. The lowest BCUT2D eigenvalue weighted by molar-refractivity contribution is -0.0993. The largest absolute Gasteiger partial charge is 0.372 e. The molecule has 0 aromatic rings. The van der Waals surface area contributed by atoms with E-state index in [4.69, 9.17) is 4.74 Å². The molecule has 0 aromatic carbocycles. The first-order valence-corrected chi connectivity index (χ1v) is 9.82. The highest BCUT2D eigenvalue weighted by atomic mass is 19.1. The monoisotopic (exact) mass is 330 g/mol. The first-order chi connectivity index (χ1) is 11.1. The van der Waals surface area contributed by atoms with Crippen molar-refractivity contribution in [2.24, 2.45) is 5.92 Å². The second kappa shape index (κ2) is 11.4. The maximum absolute atomic E-state index is 14.3.